The summed E-state index contributed by atoms with van der Waals surface area (Å²) in [7, 11) is 3.36. The number of hydrogen-bond donors (Lipinski definition) is 0. The van der Waals surface area contributed by atoms with E-state index in [0.717, 1.165) is 29.3 Å². The van der Waals surface area contributed by atoms with E-state index < -0.39 is 5.41 Å². The van der Waals surface area contributed by atoms with Crippen molar-refractivity contribution in [3.8, 4) is 0 Å². The minimum absolute atomic E-state index is 0.262. The van der Waals surface area contributed by atoms with Crippen molar-refractivity contribution in [2.45, 2.75) is 43.9 Å². The summed E-state index contributed by atoms with van der Waals surface area (Å²) in [6.07, 6.45) is 4.88. The van der Waals surface area contributed by atoms with Crippen LogP contribution in [0.2, 0.25) is 0 Å². The third-order valence-electron chi connectivity index (χ3n) is 6.44. The molecule has 1 fully saturated rings. The van der Waals surface area contributed by atoms with Crippen LogP contribution in [0.4, 0.5) is 4.39 Å². The fourth-order valence-corrected chi connectivity index (χ4v) is 4.76. The molecule has 1 aromatic heterocycles. The Morgan fingerprint density at radius 1 is 1.25 bits per heavy atom. The summed E-state index contributed by atoms with van der Waals surface area (Å²) in [5.41, 5.74) is 2.92. The van der Waals surface area contributed by atoms with E-state index in [0.29, 0.717) is 24.3 Å². The first-order valence-electron chi connectivity index (χ1n) is 9.72. The lowest BCUT2D eigenvalue weighted by Gasteiger charge is -2.39. The molecule has 146 valence electrons. The lowest BCUT2D eigenvalue weighted by molar-refractivity contribution is -0.149. The molecule has 4 rings (SSSR count). The summed E-state index contributed by atoms with van der Waals surface area (Å²) < 4.78 is 21.3. The molecule has 5 heteroatoms. The van der Waals surface area contributed by atoms with E-state index in [4.69, 9.17) is 4.74 Å². The Morgan fingerprint density at radius 2 is 2.00 bits per heavy atom. The van der Waals surface area contributed by atoms with Crippen LogP contribution in [0.25, 0.3) is 10.9 Å². The number of nitrogens with zero attached hydrogens (tertiary/aromatic N) is 2. The van der Waals surface area contributed by atoms with Gasteiger partial charge >= 0.3 is 5.97 Å². The van der Waals surface area contributed by atoms with Gasteiger partial charge in [0.25, 0.3) is 0 Å². The van der Waals surface area contributed by atoms with Gasteiger partial charge in [0.2, 0.25) is 0 Å². The van der Waals surface area contributed by atoms with E-state index in [-0.39, 0.29) is 11.8 Å². The molecule has 1 saturated carbocycles. The monoisotopic (exact) mass is 380 g/mol. The molecule has 0 N–H and O–H groups in total. The second-order valence-corrected chi connectivity index (χ2v) is 7.85. The van der Waals surface area contributed by atoms with Crippen molar-refractivity contribution in [1.82, 2.24) is 9.78 Å². The van der Waals surface area contributed by atoms with Crippen molar-refractivity contribution < 1.29 is 13.9 Å². The number of hydrogen-bond acceptors (Lipinski definition) is 3. The number of esters is 1. The number of carbonyl (C=O) groups excluding carboxylic acids is 1. The lowest BCUT2D eigenvalue weighted by Crippen LogP contribution is -2.41. The molecule has 0 radical (unpaired) electrons. The largest absolute Gasteiger partial charge is 0.468 e. The zero-order chi connectivity index (χ0) is 19.9. The first kappa shape index (κ1) is 18.7. The van der Waals surface area contributed by atoms with Gasteiger partial charge in [0.1, 0.15) is 5.82 Å². The van der Waals surface area contributed by atoms with Crippen LogP contribution < -0.4 is 0 Å². The van der Waals surface area contributed by atoms with Crippen molar-refractivity contribution in [3.63, 3.8) is 0 Å². The quantitative estimate of drug-likeness (QED) is 0.614. The van der Waals surface area contributed by atoms with Crippen LogP contribution in [0.3, 0.4) is 0 Å². The molecule has 1 aliphatic rings. The molecule has 0 unspecified atom stereocenters. The van der Waals surface area contributed by atoms with Gasteiger partial charge in [-0.25, -0.2) is 4.39 Å². The van der Waals surface area contributed by atoms with Crippen molar-refractivity contribution in [2.75, 3.05) is 7.11 Å². The highest BCUT2D eigenvalue weighted by Gasteiger charge is 2.45. The lowest BCUT2D eigenvalue weighted by atomic mass is 9.64. The van der Waals surface area contributed by atoms with Gasteiger partial charge in [0.15, 0.2) is 0 Å². The van der Waals surface area contributed by atoms with E-state index in [2.05, 4.69) is 23.3 Å². The number of fused-ring (bicyclic) bond motifs is 1. The fraction of sp³-hybridized carbons (Fsp3) is 0.391. The zero-order valence-electron chi connectivity index (χ0n) is 16.5. The third-order valence-corrected chi connectivity index (χ3v) is 6.44. The highest BCUT2D eigenvalue weighted by Crippen LogP contribution is 2.47. The number of carbonyl (C=O) groups is 1. The molecule has 4 nitrogen and oxygen atoms in total. The first-order valence-corrected chi connectivity index (χ1v) is 9.72. The molecule has 0 saturated heterocycles. The normalized spacial score (nSPS) is 22.4. The van der Waals surface area contributed by atoms with Crippen LogP contribution in [-0.2, 0) is 22.0 Å². The number of ether oxygens (including phenoxy) is 1. The number of rotatable bonds is 3. The predicted molar refractivity (Wildman–Crippen MR) is 107 cm³/mol. The molecule has 1 aliphatic carbocycles. The number of aromatic nitrogens is 2. The first-order chi connectivity index (χ1) is 13.5. The van der Waals surface area contributed by atoms with Crippen molar-refractivity contribution in [3.05, 3.63) is 65.1 Å². The molecular weight excluding hydrogens is 355 g/mol. The maximum absolute atomic E-state index is 14.2. The highest BCUT2D eigenvalue weighted by atomic mass is 19.1. The number of halogens is 1. The molecule has 0 amide bonds. The van der Waals surface area contributed by atoms with E-state index in [9.17, 15) is 9.18 Å². The minimum Gasteiger partial charge on any atom is -0.468 e. The molecule has 2 aromatic carbocycles. The zero-order valence-corrected chi connectivity index (χ0v) is 16.5. The van der Waals surface area contributed by atoms with Crippen molar-refractivity contribution in [2.24, 2.45) is 7.05 Å². The Morgan fingerprint density at radius 3 is 2.71 bits per heavy atom. The van der Waals surface area contributed by atoms with Crippen LogP contribution in [0.15, 0.2) is 42.6 Å². The van der Waals surface area contributed by atoms with Crippen LogP contribution in [0.5, 0.6) is 0 Å². The molecule has 1 heterocycles. The maximum Gasteiger partial charge on any atom is 0.316 e. The van der Waals surface area contributed by atoms with E-state index in [1.807, 2.05) is 24.0 Å². The summed E-state index contributed by atoms with van der Waals surface area (Å²) in [6, 6.07) is 11.5. The summed E-state index contributed by atoms with van der Waals surface area (Å²) >= 11 is 0. The van der Waals surface area contributed by atoms with Gasteiger partial charge in [0, 0.05) is 12.4 Å². The van der Waals surface area contributed by atoms with E-state index in [1.165, 1.54) is 18.7 Å². The Kier molecular flexibility index (Phi) is 4.69. The third kappa shape index (κ3) is 2.89. The van der Waals surface area contributed by atoms with Gasteiger partial charge in [-0.15, -0.1) is 0 Å². The van der Waals surface area contributed by atoms with Crippen LogP contribution >= 0.6 is 0 Å². The number of benzene rings is 2. The molecule has 0 spiro atoms. The Balaban J connectivity index is 1.66. The molecular formula is C23H25FN2O2. The van der Waals surface area contributed by atoms with Gasteiger partial charge in [-0.3, -0.25) is 9.48 Å². The Bertz CT molecular complexity index is 1030. The van der Waals surface area contributed by atoms with Crippen LogP contribution in [-0.4, -0.2) is 22.9 Å². The fourth-order valence-electron chi connectivity index (χ4n) is 4.76. The molecule has 0 bridgehead atoms. The second kappa shape index (κ2) is 7.04. The molecule has 0 atom stereocenters. The summed E-state index contributed by atoms with van der Waals surface area (Å²) in [6.45, 7) is 1.75. The van der Waals surface area contributed by atoms with Crippen molar-refractivity contribution in [1.29, 1.82) is 0 Å². The maximum atomic E-state index is 14.2. The van der Waals surface area contributed by atoms with Crippen LogP contribution in [0.1, 0.15) is 48.3 Å². The van der Waals surface area contributed by atoms with Crippen molar-refractivity contribution >= 4 is 16.9 Å². The SMILES string of the molecule is COC(=O)C1(c2cccc(F)c2C)CCC(c2ccc3cnn(C)c3c2)CC1. The molecule has 0 aliphatic heterocycles. The van der Waals surface area contributed by atoms with E-state index >= 15 is 0 Å². The van der Waals surface area contributed by atoms with Gasteiger partial charge < -0.3 is 4.74 Å². The average Bonchev–Trinajstić information content (AvgIpc) is 3.10. The number of methoxy groups -OCH3 is 1. The van der Waals surface area contributed by atoms with Crippen LogP contribution in [0, 0.1) is 12.7 Å². The minimum atomic E-state index is -0.770. The predicted octanol–water partition coefficient (Wildman–Crippen LogP) is 4.79. The molecule has 28 heavy (non-hydrogen) atoms. The number of aryl methyl sites for hydroxylation is 1. The average molecular weight is 380 g/mol. The summed E-state index contributed by atoms with van der Waals surface area (Å²) in [5, 5.41) is 5.44. The summed E-state index contributed by atoms with van der Waals surface area (Å²) in [5.74, 6) is -0.169. The van der Waals surface area contributed by atoms with Gasteiger partial charge in [-0.2, -0.15) is 5.10 Å². The Labute approximate surface area is 164 Å². The summed E-state index contributed by atoms with van der Waals surface area (Å²) in [4.78, 5) is 12.8. The smallest absolute Gasteiger partial charge is 0.316 e. The standard InChI is InChI=1S/C23H25FN2O2/c1-15-19(5-4-6-20(15)24)23(22(27)28-3)11-9-16(10-12-23)17-7-8-18-14-25-26(2)21(18)13-17/h4-8,13-14,16H,9-12H2,1-3H3. The molecule has 3 aromatic rings. The topological polar surface area (TPSA) is 44.1 Å². The van der Waals surface area contributed by atoms with Gasteiger partial charge in [0.05, 0.1) is 24.2 Å². The van der Waals surface area contributed by atoms with E-state index in [1.54, 1.807) is 13.0 Å². The highest BCUT2D eigenvalue weighted by molar-refractivity contribution is 5.84. The second-order valence-electron chi connectivity index (χ2n) is 7.85. The van der Waals surface area contributed by atoms with Gasteiger partial charge in [-0.05, 0) is 67.3 Å². The van der Waals surface area contributed by atoms with Gasteiger partial charge in [-0.1, -0.05) is 24.3 Å². The Hall–Kier alpha value is -2.69.